The third-order valence-corrected chi connectivity index (χ3v) is 4.39. The summed E-state index contributed by atoms with van der Waals surface area (Å²) in [4.78, 5) is 4.43. The molecule has 2 unspecified atom stereocenters. The third-order valence-electron chi connectivity index (χ3n) is 3.50. The van der Waals surface area contributed by atoms with E-state index in [0.29, 0.717) is 12.1 Å². The number of rotatable bonds is 5. The Hall–Kier alpha value is -1.19. The number of hydrogen-bond donors (Lipinski definition) is 1. The van der Waals surface area contributed by atoms with Gasteiger partial charge >= 0.3 is 0 Å². The topological polar surface area (TPSA) is 24.9 Å². The van der Waals surface area contributed by atoms with Crippen LogP contribution in [0.5, 0.6) is 0 Å². The molecule has 3 heteroatoms. The van der Waals surface area contributed by atoms with Gasteiger partial charge in [-0.05, 0) is 38.3 Å². The monoisotopic (exact) mass is 274 g/mol. The molecular weight excluding hydrogens is 252 g/mol. The average Bonchev–Trinajstić information content (AvgIpc) is 2.89. The molecule has 0 aliphatic heterocycles. The molecule has 1 aromatic heterocycles. The largest absolute Gasteiger partial charge is 0.301 e. The van der Waals surface area contributed by atoms with Crippen molar-refractivity contribution in [3.8, 4) is 0 Å². The Morgan fingerprint density at radius 3 is 2.68 bits per heavy atom. The van der Waals surface area contributed by atoms with E-state index in [2.05, 4.69) is 56.2 Å². The zero-order chi connectivity index (χ0) is 13.8. The second kappa shape index (κ2) is 6.31. The van der Waals surface area contributed by atoms with Crippen molar-refractivity contribution < 1.29 is 0 Å². The molecule has 1 aromatic carbocycles. The molecule has 102 valence electrons. The molecule has 0 amide bonds. The number of hydrogen-bond acceptors (Lipinski definition) is 3. The van der Waals surface area contributed by atoms with E-state index in [0.717, 1.165) is 6.42 Å². The average molecular weight is 274 g/mol. The minimum Gasteiger partial charge on any atom is -0.301 e. The van der Waals surface area contributed by atoms with E-state index < -0.39 is 0 Å². The number of nitrogens with one attached hydrogen (secondary N) is 1. The van der Waals surface area contributed by atoms with E-state index in [1.165, 1.54) is 21.7 Å². The van der Waals surface area contributed by atoms with Gasteiger partial charge in [0.25, 0.3) is 0 Å². The molecule has 2 nitrogen and oxygen atoms in total. The molecular formula is C16H22N2S. The highest BCUT2D eigenvalue weighted by Gasteiger charge is 2.16. The lowest BCUT2D eigenvalue weighted by atomic mass is 9.99. The van der Waals surface area contributed by atoms with Gasteiger partial charge in [-0.2, -0.15) is 0 Å². The normalized spacial score (nSPS) is 14.3. The molecule has 2 atom stereocenters. The summed E-state index contributed by atoms with van der Waals surface area (Å²) in [7, 11) is 0. The van der Waals surface area contributed by atoms with Crippen molar-refractivity contribution in [2.45, 2.75) is 46.2 Å². The molecule has 0 spiro atoms. The molecule has 0 aliphatic rings. The van der Waals surface area contributed by atoms with Gasteiger partial charge in [-0.3, -0.25) is 0 Å². The zero-order valence-corrected chi connectivity index (χ0v) is 12.9. The highest BCUT2D eigenvalue weighted by Crippen LogP contribution is 2.25. The van der Waals surface area contributed by atoms with Gasteiger partial charge in [0.05, 0.1) is 6.04 Å². The summed E-state index contributed by atoms with van der Waals surface area (Å²) in [6.45, 7) is 8.76. The van der Waals surface area contributed by atoms with Crippen molar-refractivity contribution in [3.63, 3.8) is 0 Å². The number of aromatic nitrogens is 1. The van der Waals surface area contributed by atoms with Crippen LogP contribution in [0.15, 0.2) is 29.8 Å². The SMILES string of the molecule is CCC(NC(C)c1ccc(C)cc1C)c1nccs1. The van der Waals surface area contributed by atoms with Crippen LogP contribution in [0.2, 0.25) is 0 Å². The summed E-state index contributed by atoms with van der Waals surface area (Å²) in [5.41, 5.74) is 4.05. The summed E-state index contributed by atoms with van der Waals surface area (Å²) in [5.74, 6) is 0. The minimum absolute atomic E-state index is 0.342. The molecule has 0 radical (unpaired) electrons. The maximum absolute atomic E-state index is 4.43. The standard InChI is InChI=1S/C16H22N2S/c1-5-15(16-17-8-9-19-16)18-13(4)14-7-6-11(2)10-12(14)3/h6-10,13,15,18H,5H2,1-4H3. The van der Waals surface area contributed by atoms with Crippen LogP contribution in [0, 0.1) is 13.8 Å². The molecule has 0 fully saturated rings. The summed E-state index contributed by atoms with van der Waals surface area (Å²) in [5, 5.41) is 6.92. The third kappa shape index (κ3) is 3.43. The van der Waals surface area contributed by atoms with Gasteiger partial charge < -0.3 is 5.32 Å². The summed E-state index contributed by atoms with van der Waals surface area (Å²) in [6.07, 6.45) is 2.94. The maximum Gasteiger partial charge on any atom is 0.109 e. The highest BCUT2D eigenvalue weighted by molar-refractivity contribution is 7.09. The lowest BCUT2D eigenvalue weighted by Gasteiger charge is -2.22. The predicted octanol–water partition coefficient (Wildman–Crippen LogP) is 4.56. The Balaban J connectivity index is 2.13. The van der Waals surface area contributed by atoms with Crippen LogP contribution in [0.3, 0.4) is 0 Å². The van der Waals surface area contributed by atoms with Gasteiger partial charge in [-0.25, -0.2) is 4.98 Å². The van der Waals surface area contributed by atoms with Crippen LogP contribution in [0.4, 0.5) is 0 Å². The van der Waals surface area contributed by atoms with E-state index in [1.807, 2.05) is 11.6 Å². The first-order valence-electron chi connectivity index (χ1n) is 6.84. The first kappa shape index (κ1) is 14.2. The fraction of sp³-hybridized carbons (Fsp3) is 0.438. The Labute approximate surface area is 119 Å². The van der Waals surface area contributed by atoms with Gasteiger partial charge in [0.2, 0.25) is 0 Å². The van der Waals surface area contributed by atoms with Crippen LogP contribution in [-0.2, 0) is 0 Å². The molecule has 1 N–H and O–H groups in total. The van der Waals surface area contributed by atoms with Gasteiger partial charge in [-0.15, -0.1) is 11.3 Å². The van der Waals surface area contributed by atoms with Crippen LogP contribution < -0.4 is 5.32 Å². The van der Waals surface area contributed by atoms with Gasteiger partial charge in [0.15, 0.2) is 0 Å². The van der Waals surface area contributed by atoms with E-state index in [4.69, 9.17) is 0 Å². The van der Waals surface area contributed by atoms with Crippen LogP contribution in [0.25, 0.3) is 0 Å². The van der Waals surface area contributed by atoms with E-state index >= 15 is 0 Å². The smallest absolute Gasteiger partial charge is 0.109 e. The summed E-state index contributed by atoms with van der Waals surface area (Å²) in [6, 6.07) is 7.35. The molecule has 0 bridgehead atoms. The van der Waals surface area contributed by atoms with Crippen molar-refractivity contribution in [1.29, 1.82) is 0 Å². The van der Waals surface area contributed by atoms with E-state index in [-0.39, 0.29) is 0 Å². The first-order valence-corrected chi connectivity index (χ1v) is 7.72. The van der Waals surface area contributed by atoms with E-state index in [1.54, 1.807) is 11.3 Å². The highest BCUT2D eigenvalue weighted by atomic mass is 32.1. The van der Waals surface area contributed by atoms with Crippen molar-refractivity contribution in [1.82, 2.24) is 10.3 Å². The lowest BCUT2D eigenvalue weighted by molar-refractivity contribution is 0.454. The zero-order valence-electron chi connectivity index (χ0n) is 12.1. The molecule has 19 heavy (non-hydrogen) atoms. The summed E-state index contributed by atoms with van der Waals surface area (Å²) >= 11 is 1.73. The first-order chi connectivity index (χ1) is 9.11. The molecule has 0 saturated heterocycles. The van der Waals surface area contributed by atoms with Crippen molar-refractivity contribution >= 4 is 11.3 Å². The number of thiazole rings is 1. The fourth-order valence-corrected chi connectivity index (χ4v) is 3.26. The van der Waals surface area contributed by atoms with Crippen LogP contribution >= 0.6 is 11.3 Å². The molecule has 1 heterocycles. The molecule has 2 rings (SSSR count). The van der Waals surface area contributed by atoms with Gasteiger partial charge in [0.1, 0.15) is 5.01 Å². The van der Waals surface area contributed by atoms with Crippen molar-refractivity contribution in [2.24, 2.45) is 0 Å². The van der Waals surface area contributed by atoms with Crippen LogP contribution in [0.1, 0.15) is 54.0 Å². The number of benzene rings is 1. The fourth-order valence-electron chi connectivity index (χ4n) is 2.47. The second-order valence-corrected chi connectivity index (χ2v) is 6.01. The Bertz CT molecular complexity index is 520. The van der Waals surface area contributed by atoms with Crippen LogP contribution in [-0.4, -0.2) is 4.98 Å². The second-order valence-electron chi connectivity index (χ2n) is 5.08. The Morgan fingerprint density at radius 1 is 1.32 bits per heavy atom. The predicted molar refractivity (Wildman–Crippen MR) is 82.6 cm³/mol. The maximum atomic E-state index is 4.43. The van der Waals surface area contributed by atoms with Gasteiger partial charge in [-0.1, -0.05) is 30.7 Å². The Kier molecular flexibility index (Phi) is 4.72. The van der Waals surface area contributed by atoms with Crippen molar-refractivity contribution in [2.75, 3.05) is 0 Å². The minimum atomic E-state index is 0.342. The van der Waals surface area contributed by atoms with E-state index in [9.17, 15) is 0 Å². The van der Waals surface area contributed by atoms with Crippen molar-refractivity contribution in [3.05, 3.63) is 51.5 Å². The summed E-state index contributed by atoms with van der Waals surface area (Å²) < 4.78 is 0. The Morgan fingerprint density at radius 2 is 2.11 bits per heavy atom. The lowest BCUT2D eigenvalue weighted by Crippen LogP contribution is -2.24. The molecule has 0 aliphatic carbocycles. The van der Waals surface area contributed by atoms with Gasteiger partial charge in [0, 0.05) is 17.6 Å². The molecule has 2 aromatic rings. The molecule has 0 saturated carbocycles. The number of nitrogens with zero attached hydrogens (tertiary/aromatic N) is 1. The quantitative estimate of drug-likeness (QED) is 0.864. The number of aryl methyl sites for hydroxylation is 2.